The normalized spacial score (nSPS) is 12.0. The third kappa shape index (κ3) is 4.57. The molecule has 12 aromatic rings. The number of hydrogen-bond acceptors (Lipinski definition) is 3. The lowest BCUT2D eigenvalue weighted by Crippen LogP contribution is -2.03. The molecule has 0 unspecified atom stereocenters. The van der Waals surface area contributed by atoms with E-state index in [2.05, 4.69) is 191 Å². The van der Waals surface area contributed by atoms with Crippen molar-refractivity contribution in [1.29, 1.82) is 0 Å². The van der Waals surface area contributed by atoms with Crippen LogP contribution in [0.5, 0.6) is 0 Å². The highest BCUT2D eigenvalue weighted by atomic mass is 32.1. The quantitative estimate of drug-likeness (QED) is 0.182. The first kappa shape index (κ1) is 30.4. The molecular formula is C50H30N4S. The molecule has 0 aliphatic heterocycles. The van der Waals surface area contributed by atoms with E-state index in [1.807, 2.05) is 0 Å². The monoisotopic (exact) mass is 718 g/mol. The molecule has 0 N–H and O–H groups in total. The van der Waals surface area contributed by atoms with Crippen molar-refractivity contribution >= 4 is 86.2 Å². The molecule has 4 aromatic heterocycles. The van der Waals surface area contributed by atoms with Gasteiger partial charge in [-0.2, -0.15) is 0 Å². The minimum absolute atomic E-state index is 0.829. The van der Waals surface area contributed by atoms with Gasteiger partial charge in [-0.25, -0.2) is 9.97 Å². The third-order valence-electron chi connectivity index (χ3n) is 11.1. The molecule has 0 saturated carbocycles. The average Bonchev–Trinajstić information content (AvgIpc) is 3.89. The van der Waals surface area contributed by atoms with Crippen molar-refractivity contribution in [2.75, 3.05) is 0 Å². The molecular weight excluding hydrogens is 689 g/mol. The molecule has 0 radical (unpaired) electrons. The number of nitrogens with zero attached hydrogens (tertiary/aromatic N) is 4. The second-order valence-corrected chi connectivity index (χ2v) is 15.2. The maximum absolute atomic E-state index is 5.67. The van der Waals surface area contributed by atoms with E-state index in [4.69, 9.17) is 9.97 Å². The molecule has 12 rings (SSSR count). The standard InChI is InChI=1S/C50H30N4S/c1-3-13-31(14-4-1)34-24-26-46-41(28-34)48-50(55-46)52-49(54-43-22-12-10-20-38(43)40-27-32-15-7-8-16-33(32)30-45(40)54)47(51-48)35-23-25-44-39(29-35)37-19-9-11-21-42(37)53(44)36-17-5-2-6-18-36/h1-30H. The molecule has 0 saturated heterocycles. The van der Waals surface area contributed by atoms with Gasteiger partial charge < -0.3 is 4.57 Å². The van der Waals surface area contributed by atoms with Crippen molar-refractivity contribution in [3.63, 3.8) is 0 Å². The van der Waals surface area contributed by atoms with Gasteiger partial charge in [0.25, 0.3) is 0 Å². The van der Waals surface area contributed by atoms with Gasteiger partial charge in [-0.15, -0.1) is 11.3 Å². The van der Waals surface area contributed by atoms with Crippen LogP contribution in [0.25, 0.3) is 109 Å². The molecule has 0 atom stereocenters. The molecule has 55 heavy (non-hydrogen) atoms. The summed E-state index contributed by atoms with van der Waals surface area (Å²) >= 11 is 1.71. The summed E-state index contributed by atoms with van der Waals surface area (Å²) < 4.78 is 5.88. The molecule has 0 amide bonds. The summed E-state index contributed by atoms with van der Waals surface area (Å²) in [5.41, 5.74) is 10.9. The van der Waals surface area contributed by atoms with Gasteiger partial charge in [0.2, 0.25) is 0 Å². The number of hydrogen-bond donors (Lipinski definition) is 0. The van der Waals surface area contributed by atoms with Crippen LogP contribution < -0.4 is 0 Å². The number of para-hydroxylation sites is 3. The molecule has 4 nitrogen and oxygen atoms in total. The lowest BCUT2D eigenvalue weighted by Gasteiger charge is -2.14. The van der Waals surface area contributed by atoms with Gasteiger partial charge in [-0.05, 0) is 82.6 Å². The predicted octanol–water partition coefficient (Wildman–Crippen LogP) is 13.5. The Labute approximate surface area is 319 Å². The van der Waals surface area contributed by atoms with Crippen LogP contribution in [0.1, 0.15) is 0 Å². The third-order valence-corrected chi connectivity index (χ3v) is 12.2. The van der Waals surface area contributed by atoms with Gasteiger partial charge in [-0.3, -0.25) is 4.57 Å². The number of thiophene rings is 1. The highest BCUT2D eigenvalue weighted by Gasteiger charge is 2.23. The lowest BCUT2D eigenvalue weighted by atomic mass is 10.0. The van der Waals surface area contributed by atoms with Gasteiger partial charge in [-0.1, -0.05) is 121 Å². The highest BCUT2D eigenvalue weighted by molar-refractivity contribution is 7.25. The Morgan fingerprint density at radius 1 is 0.382 bits per heavy atom. The Balaban J connectivity index is 1.19. The zero-order valence-electron chi connectivity index (χ0n) is 29.5. The van der Waals surface area contributed by atoms with Crippen LogP contribution in [0.4, 0.5) is 0 Å². The summed E-state index contributed by atoms with van der Waals surface area (Å²) in [6, 6.07) is 65.4. The molecule has 8 aromatic carbocycles. The molecule has 0 aliphatic rings. The second-order valence-electron chi connectivity index (χ2n) is 14.2. The van der Waals surface area contributed by atoms with Crippen molar-refractivity contribution in [3.05, 3.63) is 182 Å². The van der Waals surface area contributed by atoms with Gasteiger partial charge >= 0.3 is 0 Å². The highest BCUT2D eigenvalue weighted by Crippen LogP contribution is 2.42. The molecule has 5 heteroatoms. The smallest absolute Gasteiger partial charge is 0.166 e. The summed E-state index contributed by atoms with van der Waals surface area (Å²) in [6.07, 6.45) is 0. The van der Waals surface area contributed by atoms with Crippen molar-refractivity contribution in [3.8, 4) is 33.9 Å². The largest absolute Gasteiger partial charge is 0.309 e. The van der Waals surface area contributed by atoms with E-state index >= 15 is 0 Å². The van der Waals surface area contributed by atoms with E-state index in [0.717, 1.165) is 55.0 Å². The topological polar surface area (TPSA) is 35.6 Å². The Morgan fingerprint density at radius 2 is 0.982 bits per heavy atom. The maximum atomic E-state index is 5.67. The fourth-order valence-electron chi connectivity index (χ4n) is 8.59. The molecule has 0 spiro atoms. The van der Waals surface area contributed by atoms with E-state index < -0.39 is 0 Å². The minimum atomic E-state index is 0.829. The molecule has 0 aliphatic carbocycles. The Hall–Kier alpha value is -7.08. The lowest BCUT2D eigenvalue weighted by molar-refractivity contribution is 1.09. The van der Waals surface area contributed by atoms with Gasteiger partial charge in [0.1, 0.15) is 16.0 Å². The van der Waals surface area contributed by atoms with Crippen LogP contribution in [-0.4, -0.2) is 19.1 Å². The van der Waals surface area contributed by atoms with Crippen LogP contribution in [0.3, 0.4) is 0 Å². The average molecular weight is 719 g/mol. The molecule has 256 valence electrons. The Morgan fingerprint density at radius 3 is 1.76 bits per heavy atom. The van der Waals surface area contributed by atoms with Gasteiger partial charge in [0.05, 0.1) is 22.1 Å². The van der Waals surface area contributed by atoms with E-state index in [1.165, 1.54) is 53.7 Å². The number of fused-ring (bicyclic) bond motifs is 10. The maximum Gasteiger partial charge on any atom is 0.166 e. The zero-order chi connectivity index (χ0) is 36.0. The van der Waals surface area contributed by atoms with Crippen LogP contribution >= 0.6 is 11.3 Å². The summed E-state index contributed by atoms with van der Waals surface area (Å²) in [5.74, 6) is 0.829. The van der Waals surface area contributed by atoms with E-state index in [9.17, 15) is 0 Å². The SMILES string of the molecule is c1ccc(-c2ccc3sc4nc(-n5c6ccccc6c6cc7ccccc7cc65)c(-c5ccc6c(c5)c5ccccc5n6-c5ccccc5)nc4c3c2)cc1. The van der Waals surface area contributed by atoms with Gasteiger partial charge in [0.15, 0.2) is 5.82 Å². The molecule has 4 heterocycles. The number of aromatic nitrogens is 4. The van der Waals surface area contributed by atoms with Crippen molar-refractivity contribution in [1.82, 2.24) is 19.1 Å². The summed E-state index contributed by atoms with van der Waals surface area (Å²) in [4.78, 5) is 12.2. The molecule has 0 bridgehead atoms. The second kappa shape index (κ2) is 11.7. The van der Waals surface area contributed by atoms with Crippen LogP contribution in [0, 0.1) is 0 Å². The summed E-state index contributed by atoms with van der Waals surface area (Å²) in [7, 11) is 0. The van der Waals surface area contributed by atoms with Crippen LogP contribution in [0.2, 0.25) is 0 Å². The zero-order valence-corrected chi connectivity index (χ0v) is 30.3. The first-order valence-electron chi connectivity index (χ1n) is 18.6. The Bertz CT molecular complexity index is 3480. The summed E-state index contributed by atoms with van der Waals surface area (Å²) in [6.45, 7) is 0. The number of rotatable bonds is 4. The van der Waals surface area contributed by atoms with Crippen molar-refractivity contribution < 1.29 is 0 Å². The minimum Gasteiger partial charge on any atom is -0.309 e. The summed E-state index contributed by atoms with van der Waals surface area (Å²) in [5, 5.41) is 8.32. The Kier molecular flexibility index (Phi) is 6.47. The van der Waals surface area contributed by atoms with E-state index in [0.29, 0.717) is 0 Å². The van der Waals surface area contributed by atoms with Crippen LogP contribution in [0.15, 0.2) is 182 Å². The first-order chi connectivity index (χ1) is 27.3. The number of benzene rings is 8. The van der Waals surface area contributed by atoms with E-state index in [1.54, 1.807) is 11.3 Å². The molecule has 0 fully saturated rings. The predicted molar refractivity (Wildman–Crippen MR) is 232 cm³/mol. The first-order valence-corrected chi connectivity index (χ1v) is 19.4. The fraction of sp³-hybridized carbons (Fsp3) is 0. The van der Waals surface area contributed by atoms with Gasteiger partial charge in [0, 0.05) is 42.9 Å². The van der Waals surface area contributed by atoms with Crippen molar-refractivity contribution in [2.45, 2.75) is 0 Å². The fourth-order valence-corrected chi connectivity index (χ4v) is 9.58. The van der Waals surface area contributed by atoms with Crippen molar-refractivity contribution in [2.24, 2.45) is 0 Å². The van der Waals surface area contributed by atoms with Crippen LogP contribution in [-0.2, 0) is 0 Å². The van der Waals surface area contributed by atoms with E-state index in [-0.39, 0.29) is 0 Å².